The van der Waals surface area contributed by atoms with Crippen molar-refractivity contribution < 1.29 is 9.59 Å². The Balaban J connectivity index is 1.86. The third-order valence-electron chi connectivity index (χ3n) is 3.73. The molecule has 0 atom stereocenters. The number of carbonyl (C=O) groups excluding carboxylic acids is 2. The summed E-state index contributed by atoms with van der Waals surface area (Å²) in [5.41, 5.74) is 3.79. The molecule has 0 unspecified atom stereocenters. The van der Waals surface area contributed by atoms with Crippen molar-refractivity contribution in [1.29, 1.82) is 0 Å². The highest BCUT2D eigenvalue weighted by molar-refractivity contribution is 8.00. The van der Waals surface area contributed by atoms with Crippen molar-refractivity contribution >= 4 is 35.0 Å². The summed E-state index contributed by atoms with van der Waals surface area (Å²) in [6, 6.07) is 13.5. The largest absolute Gasteiger partial charge is 0.326 e. The van der Waals surface area contributed by atoms with Crippen LogP contribution in [0.25, 0.3) is 0 Å². The minimum Gasteiger partial charge on any atom is -0.326 e. The number of hydrogen-bond donors (Lipinski definition) is 2. The van der Waals surface area contributed by atoms with E-state index in [-0.39, 0.29) is 11.8 Å². The molecule has 2 amide bonds. The first-order valence-electron chi connectivity index (χ1n) is 8.38. The van der Waals surface area contributed by atoms with Crippen molar-refractivity contribution in [3.63, 3.8) is 0 Å². The molecular formula is C20H24N2O2S. The molecule has 0 aromatic heterocycles. The zero-order valence-electron chi connectivity index (χ0n) is 14.9. The van der Waals surface area contributed by atoms with E-state index in [1.54, 1.807) is 0 Å². The van der Waals surface area contributed by atoms with Crippen molar-refractivity contribution in [1.82, 2.24) is 0 Å². The van der Waals surface area contributed by atoms with Gasteiger partial charge in [-0.1, -0.05) is 25.1 Å². The quantitative estimate of drug-likeness (QED) is 0.702. The minimum atomic E-state index is -0.0253. The van der Waals surface area contributed by atoms with Crippen LogP contribution in [0.1, 0.15) is 30.9 Å². The van der Waals surface area contributed by atoms with Crippen molar-refractivity contribution in [2.24, 2.45) is 0 Å². The Morgan fingerprint density at radius 1 is 0.920 bits per heavy atom. The van der Waals surface area contributed by atoms with Crippen molar-refractivity contribution in [3.8, 4) is 0 Å². The molecular weight excluding hydrogens is 332 g/mol. The summed E-state index contributed by atoms with van der Waals surface area (Å²) in [4.78, 5) is 24.7. The van der Waals surface area contributed by atoms with E-state index in [2.05, 4.69) is 10.6 Å². The number of anilines is 2. The number of hydrogen-bond acceptors (Lipinski definition) is 3. The first-order chi connectivity index (χ1) is 12.0. The van der Waals surface area contributed by atoms with E-state index in [9.17, 15) is 9.59 Å². The van der Waals surface area contributed by atoms with Crippen LogP contribution in [0.3, 0.4) is 0 Å². The van der Waals surface area contributed by atoms with E-state index in [4.69, 9.17) is 0 Å². The number of para-hydroxylation sites is 1. The maximum Gasteiger partial charge on any atom is 0.234 e. The molecule has 132 valence electrons. The summed E-state index contributed by atoms with van der Waals surface area (Å²) in [6.45, 7) is 5.95. The first kappa shape index (κ1) is 19.1. The zero-order valence-corrected chi connectivity index (χ0v) is 15.7. The van der Waals surface area contributed by atoms with E-state index in [1.165, 1.54) is 11.8 Å². The van der Waals surface area contributed by atoms with Gasteiger partial charge in [0.2, 0.25) is 11.8 Å². The molecule has 0 radical (unpaired) electrons. The lowest BCUT2D eigenvalue weighted by atomic mass is 10.1. The Morgan fingerprint density at radius 2 is 1.56 bits per heavy atom. The van der Waals surface area contributed by atoms with Crippen LogP contribution in [0, 0.1) is 13.8 Å². The fourth-order valence-electron chi connectivity index (χ4n) is 2.42. The number of benzene rings is 2. The van der Waals surface area contributed by atoms with Crippen LogP contribution < -0.4 is 10.6 Å². The summed E-state index contributed by atoms with van der Waals surface area (Å²) in [5, 5.41) is 5.84. The molecule has 0 aliphatic rings. The lowest BCUT2D eigenvalue weighted by Gasteiger charge is -2.11. The molecule has 0 aliphatic carbocycles. The lowest BCUT2D eigenvalue weighted by molar-refractivity contribution is -0.116. The van der Waals surface area contributed by atoms with Crippen LogP contribution in [-0.4, -0.2) is 17.6 Å². The predicted octanol–water partition coefficient (Wildman–Crippen LogP) is 4.77. The van der Waals surface area contributed by atoms with E-state index < -0.39 is 0 Å². The predicted molar refractivity (Wildman–Crippen MR) is 105 cm³/mol. The number of carbonyl (C=O) groups is 2. The fraction of sp³-hybridized carbons (Fsp3) is 0.300. The van der Waals surface area contributed by atoms with Crippen molar-refractivity contribution in [2.45, 2.75) is 38.5 Å². The van der Waals surface area contributed by atoms with Gasteiger partial charge in [0.15, 0.2) is 0 Å². The molecule has 2 aromatic rings. The molecule has 0 fully saturated rings. The van der Waals surface area contributed by atoms with Gasteiger partial charge in [0, 0.05) is 22.7 Å². The second-order valence-corrected chi connectivity index (χ2v) is 6.97. The van der Waals surface area contributed by atoms with Crippen LogP contribution in [0.4, 0.5) is 11.4 Å². The Kier molecular flexibility index (Phi) is 7.07. The van der Waals surface area contributed by atoms with Gasteiger partial charge in [-0.2, -0.15) is 0 Å². The van der Waals surface area contributed by atoms with Gasteiger partial charge in [0.25, 0.3) is 0 Å². The van der Waals surface area contributed by atoms with Gasteiger partial charge >= 0.3 is 0 Å². The smallest absolute Gasteiger partial charge is 0.234 e. The van der Waals surface area contributed by atoms with Crippen molar-refractivity contribution in [2.75, 3.05) is 16.4 Å². The number of nitrogens with one attached hydrogen (secondary N) is 2. The Morgan fingerprint density at radius 3 is 2.16 bits per heavy atom. The maximum atomic E-state index is 12.2. The highest BCUT2D eigenvalue weighted by Crippen LogP contribution is 2.23. The SMILES string of the molecule is CCCC(=O)Nc1ccc(SCC(=O)Nc2c(C)cccc2C)cc1. The highest BCUT2D eigenvalue weighted by Gasteiger charge is 2.08. The second kappa shape index (κ2) is 9.28. The molecule has 4 nitrogen and oxygen atoms in total. The van der Waals surface area contributed by atoms with Gasteiger partial charge in [-0.05, 0) is 55.7 Å². The summed E-state index contributed by atoms with van der Waals surface area (Å²) >= 11 is 1.47. The standard InChI is InChI=1S/C20H24N2O2S/c1-4-6-18(23)21-16-9-11-17(12-10-16)25-13-19(24)22-20-14(2)7-5-8-15(20)3/h5,7-12H,4,6,13H2,1-3H3,(H,21,23)(H,22,24). The van der Waals surface area contributed by atoms with Gasteiger partial charge in [-0.15, -0.1) is 11.8 Å². The van der Waals surface area contributed by atoms with Gasteiger partial charge in [-0.25, -0.2) is 0 Å². The molecule has 0 heterocycles. The van der Waals surface area contributed by atoms with Crippen LogP contribution in [0.2, 0.25) is 0 Å². The van der Waals surface area contributed by atoms with Gasteiger partial charge in [0.05, 0.1) is 5.75 Å². The van der Waals surface area contributed by atoms with E-state index in [0.717, 1.165) is 33.8 Å². The maximum absolute atomic E-state index is 12.2. The van der Waals surface area contributed by atoms with E-state index >= 15 is 0 Å². The average molecular weight is 356 g/mol. The van der Waals surface area contributed by atoms with Crippen LogP contribution in [-0.2, 0) is 9.59 Å². The van der Waals surface area contributed by atoms with Crippen LogP contribution in [0.5, 0.6) is 0 Å². The summed E-state index contributed by atoms with van der Waals surface area (Å²) < 4.78 is 0. The van der Waals surface area contributed by atoms with Gasteiger partial charge in [0.1, 0.15) is 0 Å². The molecule has 5 heteroatoms. The average Bonchev–Trinajstić information content (AvgIpc) is 2.58. The Labute approximate surface area is 153 Å². The molecule has 0 bridgehead atoms. The fourth-order valence-corrected chi connectivity index (χ4v) is 3.12. The van der Waals surface area contributed by atoms with Crippen LogP contribution in [0.15, 0.2) is 47.4 Å². The number of aryl methyl sites for hydroxylation is 2. The molecule has 2 N–H and O–H groups in total. The molecule has 2 rings (SSSR count). The van der Waals surface area contributed by atoms with Crippen molar-refractivity contribution in [3.05, 3.63) is 53.6 Å². The van der Waals surface area contributed by atoms with Gasteiger partial charge < -0.3 is 10.6 Å². The zero-order chi connectivity index (χ0) is 18.2. The Bertz CT molecular complexity index is 722. The first-order valence-corrected chi connectivity index (χ1v) is 9.37. The normalized spacial score (nSPS) is 10.4. The van der Waals surface area contributed by atoms with E-state index in [1.807, 2.05) is 63.2 Å². The summed E-state index contributed by atoms with van der Waals surface area (Å²) in [6.07, 6.45) is 1.35. The molecule has 25 heavy (non-hydrogen) atoms. The van der Waals surface area contributed by atoms with Gasteiger partial charge in [-0.3, -0.25) is 9.59 Å². The number of amides is 2. The summed E-state index contributed by atoms with van der Waals surface area (Å²) in [7, 11) is 0. The summed E-state index contributed by atoms with van der Waals surface area (Å²) in [5.74, 6) is 0.341. The number of rotatable bonds is 7. The topological polar surface area (TPSA) is 58.2 Å². The third-order valence-corrected chi connectivity index (χ3v) is 4.74. The molecule has 0 saturated heterocycles. The lowest BCUT2D eigenvalue weighted by Crippen LogP contribution is -2.15. The molecule has 0 saturated carbocycles. The Hall–Kier alpha value is -2.27. The monoisotopic (exact) mass is 356 g/mol. The highest BCUT2D eigenvalue weighted by atomic mass is 32.2. The molecule has 0 spiro atoms. The second-order valence-electron chi connectivity index (χ2n) is 5.93. The number of thioether (sulfide) groups is 1. The minimum absolute atomic E-state index is 0.0240. The third kappa shape index (κ3) is 5.94. The molecule has 0 aliphatic heterocycles. The molecule has 2 aromatic carbocycles. The van der Waals surface area contributed by atoms with E-state index in [0.29, 0.717) is 12.2 Å². The van der Waals surface area contributed by atoms with Crippen LogP contribution >= 0.6 is 11.8 Å².